The number of nitrogens with zero attached hydrogens (tertiary/aromatic N) is 3. The molecule has 0 radical (unpaired) electrons. The van der Waals surface area contributed by atoms with Gasteiger partial charge in [-0.3, -0.25) is 9.36 Å². The molecule has 0 saturated carbocycles. The number of carbonyl (C=O) groups excluding carboxylic acids is 1. The van der Waals surface area contributed by atoms with Crippen molar-refractivity contribution in [2.24, 2.45) is 5.11 Å². The minimum Gasteiger partial charge on any atom is -0.468 e. The van der Waals surface area contributed by atoms with Crippen molar-refractivity contribution in [1.29, 1.82) is 0 Å². The van der Waals surface area contributed by atoms with E-state index in [1.165, 1.54) is 18.0 Å². The van der Waals surface area contributed by atoms with Gasteiger partial charge in [-0.1, -0.05) is 0 Å². The minimum atomic E-state index is -3.61. The van der Waals surface area contributed by atoms with Gasteiger partial charge in [-0.05, 0) is 30.6 Å². The van der Waals surface area contributed by atoms with Gasteiger partial charge < -0.3 is 13.5 Å². The van der Waals surface area contributed by atoms with E-state index in [4.69, 9.17) is 19.0 Å². The fourth-order valence-electron chi connectivity index (χ4n) is 2.35. The van der Waals surface area contributed by atoms with Crippen molar-refractivity contribution >= 4 is 25.3 Å². The van der Waals surface area contributed by atoms with E-state index < -0.39 is 24.4 Å². The van der Waals surface area contributed by atoms with Crippen LogP contribution in [-0.2, 0) is 24.2 Å². The Morgan fingerprint density at radius 1 is 1.55 bits per heavy atom. The molecule has 1 aromatic heterocycles. The van der Waals surface area contributed by atoms with Crippen LogP contribution in [0.4, 0.5) is 0 Å². The van der Waals surface area contributed by atoms with E-state index in [0.29, 0.717) is 17.1 Å². The van der Waals surface area contributed by atoms with Crippen molar-refractivity contribution in [3.8, 4) is 0 Å². The maximum atomic E-state index is 13.2. The van der Waals surface area contributed by atoms with E-state index >= 15 is 0 Å². The van der Waals surface area contributed by atoms with Crippen molar-refractivity contribution in [2.45, 2.75) is 30.5 Å². The number of hydrogen-bond acceptors (Lipinski definition) is 6. The van der Waals surface area contributed by atoms with Gasteiger partial charge in [0.1, 0.15) is 11.4 Å². The third-order valence-electron chi connectivity index (χ3n) is 3.12. The molecule has 0 N–H and O–H groups in total. The van der Waals surface area contributed by atoms with Crippen molar-refractivity contribution in [3.05, 3.63) is 34.1 Å². The second-order valence-electron chi connectivity index (χ2n) is 4.38. The molecule has 2 atom stereocenters. The van der Waals surface area contributed by atoms with Crippen LogP contribution in [0.1, 0.15) is 30.8 Å². The highest BCUT2D eigenvalue weighted by atomic mass is 32.2. The highest BCUT2D eigenvalue weighted by Crippen LogP contribution is 2.66. The molecule has 2 rings (SSSR count). The fourth-order valence-corrected chi connectivity index (χ4v) is 6.29. The van der Waals surface area contributed by atoms with Crippen LogP contribution in [0.15, 0.2) is 21.9 Å². The van der Waals surface area contributed by atoms with Crippen molar-refractivity contribution < 1.29 is 22.8 Å². The van der Waals surface area contributed by atoms with E-state index in [9.17, 15) is 9.36 Å². The summed E-state index contributed by atoms with van der Waals surface area (Å²) in [7, 11) is -3.61. The Labute approximate surface area is 131 Å². The molecule has 0 saturated heterocycles. The van der Waals surface area contributed by atoms with E-state index in [0.717, 1.165) is 0 Å². The maximum Gasteiger partial charge on any atom is 0.339 e. The first-order valence-corrected chi connectivity index (χ1v) is 9.39. The first-order valence-electron chi connectivity index (χ1n) is 6.73. The molecule has 0 aliphatic carbocycles. The normalized spacial score (nSPS) is 21.0. The third-order valence-corrected chi connectivity index (χ3v) is 7.08. The van der Waals surface area contributed by atoms with Gasteiger partial charge in [0.15, 0.2) is 0 Å². The van der Waals surface area contributed by atoms with Gasteiger partial charge in [-0.25, -0.2) is 0 Å². The summed E-state index contributed by atoms with van der Waals surface area (Å²) < 4.78 is 29.3. The third kappa shape index (κ3) is 3.24. The summed E-state index contributed by atoms with van der Waals surface area (Å²) in [4.78, 5) is 14.6. The van der Waals surface area contributed by atoms with Crippen LogP contribution in [0, 0.1) is 0 Å². The molecule has 22 heavy (non-hydrogen) atoms. The predicted molar refractivity (Wildman–Crippen MR) is 81.5 cm³/mol. The van der Waals surface area contributed by atoms with Crippen LogP contribution in [0.3, 0.4) is 0 Å². The van der Waals surface area contributed by atoms with Crippen LogP contribution < -0.4 is 0 Å². The van der Waals surface area contributed by atoms with Crippen molar-refractivity contribution in [2.75, 3.05) is 13.2 Å². The smallest absolute Gasteiger partial charge is 0.339 e. The molecular weight excluding hydrogens is 329 g/mol. The number of fused-ring (bicyclic) bond motifs is 1. The maximum absolute atomic E-state index is 13.2. The van der Waals surface area contributed by atoms with Gasteiger partial charge >= 0.3 is 7.60 Å². The number of amides is 1. The number of rotatable bonds is 6. The highest BCUT2D eigenvalue weighted by Gasteiger charge is 2.49. The van der Waals surface area contributed by atoms with Crippen LogP contribution in [0.5, 0.6) is 0 Å². The Balaban J connectivity index is 2.50. The average molecular weight is 345 g/mol. The van der Waals surface area contributed by atoms with Crippen LogP contribution >= 0.6 is 19.4 Å². The monoisotopic (exact) mass is 345 g/mol. The van der Waals surface area contributed by atoms with Gasteiger partial charge in [0.05, 0.1) is 30.5 Å². The van der Waals surface area contributed by atoms with Gasteiger partial charge in [0, 0.05) is 10.5 Å². The number of thioether (sulfide) groups is 1. The molecule has 1 amide bonds. The predicted octanol–water partition coefficient (Wildman–Crippen LogP) is 4.04. The Morgan fingerprint density at radius 3 is 2.82 bits per heavy atom. The molecule has 1 aliphatic heterocycles. The molecule has 10 heteroatoms. The lowest BCUT2D eigenvalue weighted by Gasteiger charge is -2.33. The molecule has 2 heterocycles. The Morgan fingerprint density at radius 2 is 2.23 bits per heavy atom. The lowest BCUT2D eigenvalue weighted by molar-refractivity contribution is -0.117. The Kier molecular flexibility index (Phi) is 5.72. The van der Waals surface area contributed by atoms with Gasteiger partial charge in [-0.15, -0.1) is 11.8 Å². The average Bonchev–Trinajstić information content (AvgIpc) is 2.95. The first kappa shape index (κ1) is 17.1. The van der Waals surface area contributed by atoms with E-state index in [1.54, 1.807) is 19.9 Å². The molecule has 2 unspecified atom stereocenters. The zero-order valence-electron chi connectivity index (χ0n) is 12.2. The number of carbonyl (C=O) groups is 1. The number of furan rings is 1. The summed E-state index contributed by atoms with van der Waals surface area (Å²) in [5.41, 5.74) is 8.25. The minimum absolute atomic E-state index is 0.175. The molecule has 0 fully saturated rings. The molecule has 1 aliphatic rings. The molecule has 1 aromatic rings. The summed E-state index contributed by atoms with van der Waals surface area (Å²) in [6.07, 6.45) is 1.47. The van der Waals surface area contributed by atoms with E-state index in [-0.39, 0.29) is 13.2 Å². The lowest BCUT2D eigenvalue weighted by atomic mass is 10.1. The SMILES string of the molecule is CCOP(=O)(OCC)C1c2ccoc2CSC1C(=O)N=[N+]=[N-]. The molecule has 120 valence electrons. The van der Waals surface area contributed by atoms with E-state index in [1.807, 2.05) is 0 Å². The first-order chi connectivity index (χ1) is 10.6. The summed E-state index contributed by atoms with van der Waals surface area (Å²) in [6.45, 7) is 3.74. The summed E-state index contributed by atoms with van der Waals surface area (Å²) in [5.74, 6) is 0.359. The van der Waals surface area contributed by atoms with Gasteiger partial charge in [0.2, 0.25) is 5.91 Å². The van der Waals surface area contributed by atoms with Crippen LogP contribution in [0.25, 0.3) is 10.4 Å². The molecular formula is C12H16N3O5PS. The number of hydrogen-bond donors (Lipinski definition) is 0. The molecule has 0 spiro atoms. The number of azide groups is 1. The Bertz CT molecular complexity index is 632. The van der Waals surface area contributed by atoms with Crippen LogP contribution in [0.2, 0.25) is 0 Å². The largest absolute Gasteiger partial charge is 0.468 e. The standard InChI is InChI=1S/C12H16N3O5PS/c1-3-19-21(17,20-4-2)10-8-5-6-18-9(8)7-22-11(10)12(16)14-15-13/h5-6,10-11H,3-4,7H2,1-2H3. The van der Waals surface area contributed by atoms with Gasteiger partial charge in [0.25, 0.3) is 0 Å². The Hall–Kier alpha value is -1.24. The molecule has 0 aromatic carbocycles. The zero-order chi connectivity index (χ0) is 16.2. The second kappa shape index (κ2) is 7.35. The molecule has 8 nitrogen and oxygen atoms in total. The quantitative estimate of drug-likeness (QED) is 0.332. The zero-order valence-corrected chi connectivity index (χ0v) is 13.9. The summed E-state index contributed by atoms with van der Waals surface area (Å²) in [5, 5.41) is 2.32. The lowest BCUT2D eigenvalue weighted by Crippen LogP contribution is -2.28. The summed E-state index contributed by atoms with van der Waals surface area (Å²) >= 11 is 1.20. The second-order valence-corrected chi connectivity index (χ2v) is 7.66. The summed E-state index contributed by atoms with van der Waals surface area (Å²) in [6, 6.07) is 1.65. The van der Waals surface area contributed by atoms with Crippen molar-refractivity contribution in [3.63, 3.8) is 0 Å². The topological polar surface area (TPSA) is 115 Å². The molecule has 0 bridgehead atoms. The van der Waals surface area contributed by atoms with Gasteiger partial charge in [-0.2, -0.15) is 0 Å². The fraction of sp³-hybridized carbons (Fsp3) is 0.583. The highest BCUT2D eigenvalue weighted by molar-refractivity contribution is 8.00. The van der Waals surface area contributed by atoms with Crippen molar-refractivity contribution in [1.82, 2.24) is 0 Å². The van der Waals surface area contributed by atoms with Crippen LogP contribution in [-0.4, -0.2) is 24.4 Å². The van der Waals surface area contributed by atoms with E-state index in [2.05, 4.69) is 10.0 Å².